The summed E-state index contributed by atoms with van der Waals surface area (Å²) in [5.41, 5.74) is 3.88. The van der Waals surface area contributed by atoms with E-state index in [1.54, 1.807) is 11.6 Å². The molecule has 0 unspecified atom stereocenters. The number of benzene rings is 1. The van der Waals surface area contributed by atoms with Crippen molar-refractivity contribution in [2.24, 2.45) is 0 Å². The van der Waals surface area contributed by atoms with Crippen LogP contribution in [0.2, 0.25) is 0 Å². The van der Waals surface area contributed by atoms with Gasteiger partial charge in [0.25, 0.3) is 0 Å². The highest BCUT2D eigenvalue weighted by Crippen LogP contribution is 2.25. The van der Waals surface area contributed by atoms with E-state index in [0.29, 0.717) is 11.3 Å². The number of carbonyl (C=O) groups is 1. The fourth-order valence-electron chi connectivity index (χ4n) is 2.16. The maximum atomic E-state index is 10.9. The zero-order valence-electron chi connectivity index (χ0n) is 11.2. The molecule has 0 saturated carbocycles. The fraction of sp³-hybridized carbons (Fsp3) is 0.133. The van der Waals surface area contributed by atoms with Crippen molar-refractivity contribution in [3.63, 3.8) is 0 Å². The summed E-state index contributed by atoms with van der Waals surface area (Å²) in [6.07, 6.45) is 2.26. The van der Waals surface area contributed by atoms with E-state index < -0.39 is 0 Å². The molecular weight excluding hydrogens is 254 g/mol. The van der Waals surface area contributed by atoms with Crippen LogP contribution in [-0.2, 0) is 0 Å². The molecule has 20 heavy (non-hydrogen) atoms. The van der Waals surface area contributed by atoms with E-state index in [0.717, 1.165) is 28.9 Å². The number of carbonyl (C=O) groups excluding carboxylic acids is 1. The van der Waals surface area contributed by atoms with Crippen molar-refractivity contribution in [1.29, 1.82) is 0 Å². The van der Waals surface area contributed by atoms with Crippen LogP contribution in [0, 0.1) is 6.92 Å². The van der Waals surface area contributed by atoms with Gasteiger partial charge in [0, 0.05) is 5.56 Å². The lowest BCUT2D eigenvalue weighted by atomic mass is 10.1. The largest absolute Gasteiger partial charge is 0.496 e. The van der Waals surface area contributed by atoms with Crippen LogP contribution in [0.15, 0.2) is 36.5 Å². The molecule has 0 aliphatic carbocycles. The van der Waals surface area contributed by atoms with Crippen LogP contribution in [0.25, 0.3) is 16.9 Å². The number of methoxy groups -OCH3 is 1. The second-order valence-electron chi connectivity index (χ2n) is 4.47. The number of ether oxygens (including phenoxy) is 1. The van der Waals surface area contributed by atoms with Crippen molar-refractivity contribution >= 4 is 11.9 Å². The third-order valence-corrected chi connectivity index (χ3v) is 3.20. The number of aldehydes is 1. The smallest absolute Gasteiger partial charge is 0.170 e. The average molecular weight is 267 g/mol. The minimum absolute atomic E-state index is 0.437. The summed E-state index contributed by atoms with van der Waals surface area (Å²) in [4.78, 5) is 15.1. The van der Waals surface area contributed by atoms with E-state index in [1.165, 1.54) is 6.20 Å². The predicted octanol–water partition coefficient (Wildman–Crippen LogP) is 2.53. The summed E-state index contributed by atoms with van der Waals surface area (Å²) in [5, 5.41) is 4.45. The zero-order valence-corrected chi connectivity index (χ0v) is 11.2. The number of rotatable bonds is 3. The van der Waals surface area contributed by atoms with Crippen LogP contribution in [0.3, 0.4) is 0 Å². The van der Waals surface area contributed by atoms with Crippen LogP contribution in [-0.4, -0.2) is 28.0 Å². The van der Waals surface area contributed by atoms with Crippen LogP contribution < -0.4 is 4.74 Å². The van der Waals surface area contributed by atoms with Gasteiger partial charge in [-0.3, -0.25) is 4.79 Å². The van der Waals surface area contributed by atoms with Crippen molar-refractivity contribution in [2.75, 3.05) is 7.11 Å². The van der Waals surface area contributed by atoms with Crippen LogP contribution >= 0.6 is 0 Å². The van der Waals surface area contributed by atoms with Crippen LogP contribution in [0.1, 0.15) is 16.1 Å². The molecule has 0 amide bonds. The van der Waals surface area contributed by atoms with Gasteiger partial charge in [-0.05, 0) is 42.8 Å². The van der Waals surface area contributed by atoms with Gasteiger partial charge in [-0.15, -0.1) is 0 Å². The topological polar surface area (TPSA) is 56.5 Å². The van der Waals surface area contributed by atoms with Crippen LogP contribution in [0.4, 0.5) is 0 Å². The van der Waals surface area contributed by atoms with Gasteiger partial charge in [-0.1, -0.05) is 0 Å². The van der Waals surface area contributed by atoms with Gasteiger partial charge in [-0.2, -0.15) is 5.10 Å². The van der Waals surface area contributed by atoms with Gasteiger partial charge in [0.1, 0.15) is 11.4 Å². The maximum Gasteiger partial charge on any atom is 0.170 e. The van der Waals surface area contributed by atoms with Gasteiger partial charge in [0.05, 0.1) is 19.0 Å². The molecule has 100 valence electrons. The van der Waals surface area contributed by atoms with E-state index in [-0.39, 0.29) is 0 Å². The van der Waals surface area contributed by atoms with E-state index >= 15 is 0 Å². The lowest BCUT2D eigenvalue weighted by Gasteiger charge is -2.07. The SMILES string of the molecule is COc1ccc(-c2ccc3ncc(C=O)n3n2)cc1C. The normalized spacial score (nSPS) is 10.7. The molecule has 0 aliphatic rings. The fourth-order valence-corrected chi connectivity index (χ4v) is 2.16. The lowest BCUT2D eigenvalue weighted by Crippen LogP contribution is -1.98. The number of aromatic nitrogens is 3. The molecule has 0 radical (unpaired) electrons. The molecule has 2 heterocycles. The Labute approximate surface area is 115 Å². The lowest BCUT2D eigenvalue weighted by molar-refractivity contribution is 0.111. The molecule has 0 spiro atoms. The average Bonchev–Trinajstić information content (AvgIpc) is 2.89. The third kappa shape index (κ3) is 1.93. The molecule has 5 nitrogen and oxygen atoms in total. The molecule has 1 aromatic carbocycles. The number of imidazole rings is 1. The van der Waals surface area contributed by atoms with Crippen LogP contribution in [0.5, 0.6) is 5.75 Å². The Morgan fingerprint density at radius 2 is 2.10 bits per heavy atom. The van der Waals surface area contributed by atoms with Crippen molar-refractivity contribution in [3.8, 4) is 17.0 Å². The number of hydrogen-bond donors (Lipinski definition) is 0. The van der Waals surface area contributed by atoms with Gasteiger partial charge in [0.2, 0.25) is 0 Å². The molecule has 3 rings (SSSR count). The molecule has 2 aromatic heterocycles. The summed E-state index contributed by atoms with van der Waals surface area (Å²) in [6.45, 7) is 1.98. The maximum absolute atomic E-state index is 10.9. The highest BCUT2D eigenvalue weighted by molar-refractivity contribution is 5.74. The molecule has 5 heteroatoms. The van der Waals surface area contributed by atoms with E-state index in [1.807, 2.05) is 37.3 Å². The summed E-state index contributed by atoms with van der Waals surface area (Å²) in [6, 6.07) is 9.58. The minimum atomic E-state index is 0.437. The number of fused-ring (bicyclic) bond motifs is 1. The minimum Gasteiger partial charge on any atom is -0.496 e. The standard InChI is InChI=1S/C15H13N3O2/c1-10-7-11(3-5-14(10)20-2)13-4-6-15-16-8-12(9-19)18(15)17-13/h3-9H,1-2H3. The Morgan fingerprint density at radius 1 is 1.25 bits per heavy atom. The predicted molar refractivity (Wildman–Crippen MR) is 75.1 cm³/mol. The molecule has 3 aromatic rings. The molecular formula is C15H13N3O2. The first kappa shape index (κ1) is 12.3. The van der Waals surface area contributed by atoms with Crippen molar-refractivity contribution < 1.29 is 9.53 Å². The highest BCUT2D eigenvalue weighted by atomic mass is 16.5. The Morgan fingerprint density at radius 3 is 2.80 bits per heavy atom. The molecule has 0 N–H and O–H groups in total. The van der Waals surface area contributed by atoms with Crippen molar-refractivity contribution in [2.45, 2.75) is 6.92 Å². The summed E-state index contributed by atoms with van der Waals surface area (Å²) < 4.78 is 6.79. The van der Waals surface area contributed by atoms with Gasteiger partial charge < -0.3 is 4.74 Å². The zero-order chi connectivity index (χ0) is 14.1. The first-order chi connectivity index (χ1) is 9.72. The van der Waals surface area contributed by atoms with Crippen molar-refractivity contribution in [1.82, 2.24) is 14.6 Å². The second kappa shape index (κ2) is 4.77. The Kier molecular flexibility index (Phi) is 2.95. The van der Waals surface area contributed by atoms with Crippen molar-refractivity contribution in [3.05, 3.63) is 47.8 Å². The molecule has 0 bridgehead atoms. The monoisotopic (exact) mass is 267 g/mol. The Bertz CT molecular complexity index is 793. The molecule has 0 atom stereocenters. The van der Waals surface area contributed by atoms with E-state index in [2.05, 4.69) is 10.1 Å². The third-order valence-electron chi connectivity index (χ3n) is 3.20. The second-order valence-corrected chi connectivity index (χ2v) is 4.47. The Hall–Kier alpha value is -2.69. The molecule has 0 fully saturated rings. The summed E-state index contributed by atoms with van der Waals surface area (Å²) in [7, 11) is 1.65. The number of hydrogen-bond acceptors (Lipinski definition) is 4. The number of aryl methyl sites for hydroxylation is 1. The number of nitrogens with zero attached hydrogens (tertiary/aromatic N) is 3. The summed E-state index contributed by atoms with van der Waals surface area (Å²) in [5.74, 6) is 0.839. The quantitative estimate of drug-likeness (QED) is 0.684. The van der Waals surface area contributed by atoms with Gasteiger partial charge in [-0.25, -0.2) is 9.50 Å². The highest BCUT2D eigenvalue weighted by Gasteiger charge is 2.07. The molecule has 0 aliphatic heterocycles. The van der Waals surface area contributed by atoms with E-state index in [4.69, 9.17) is 4.74 Å². The van der Waals surface area contributed by atoms with Gasteiger partial charge in [0.15, 0.2) is 11.9 Å². The first-order valence-corrected chi connectivity index (χ1v) is 6.18. The molecule has 0 saturated heterocycles. The van der Waals surface area contributed by atoms with Gasteiger partial charge >= 0.3 is 0 Å². The Balaban J connectivity index is 2.14. The first-order valence-electron chi connectivity index (χ1n) is 6.18. The van der Waals surface area contributed by atoms with E-state index in [9.17, 15) is 4.79 Å². The summed E-state index contributed by atoms with van der Waals surface area (Å²) >= 11 is 0.